The third kappa shape index (κ3) is 2.28. The number of fused-ring (bicyclic) bond motifs is 1. The molecular formula is C17H17FN4. The fourth-order valence-electron chi connectivity index (χ4n) is 2.66. The van der Waals surface area contributed by atoms with Crippen LogP contribution in [-0.4, -0.2) is 15.0 Å². The molecular weight excluding hydrogens is 279 g/mol. The molecule has 3 rings (SSSR count). The van der Waals surface area contributed by atoms with Gasteiger partial charge in [0.2, 0.25) is 0 Å². The Kier molecular flexibility index (Phi) is 3.28. The second-order valence-electron chi connectivity index (χ2n) is 6.25. The summed E-state index contributed by atoms with van der Waals surface area (Å²) >= 11 is 0. The van der Waals surface area contributed by atoms with E-state index < -0.39 is 5.82 Å². The van der Waals surface area contributed by atoms with Crippen molar-refractivity contribution in [2.24, 2.45) is 0 Å². The predicted octanol–water partition coefficient (Wildman–Crippen LogP) is 3.71. The molecule has 0 atom stereocenters. The fourth-order valence-corrected chi connectivity index (χ4v) is 2.66. The Morgan fingerprint density at radius 1 is 1.05 bits per heavy atom. The van der Waals surface area contributed by atoms with Gasteiger partial charge in [0.05, 0.1) is 23.6 Å². The fraction of sp³-hybridized carbons (Fsp3) is 0.235. The minimum atomic E-state index is -0.414. The number of hydrogen-bond donors (Lipinski definition) is 1. The number of hydrogen-bond acceptors (Lipinski definition) is 4. The Bertz CT molecular complexity index is 853. The number of anilines is 1. The summed E-state index contributed by atoms with van der Waals surface area (Å²) in [6, 6.07) is 3.45. The number of pyridine rings is 3. The van der Waals surface area contributed by atoms with Gasteiger partial charge in [-0.3, -0.25) is 9.97 Å². The highest BCUT2D eigenvalue weighted by Crippen LogP contribution is 2.39. The highest BCUT2D eigenvalue weighted by Gasteiger charge is 2.26. The molecule has 0 aliphatic heterocycles. The lowest BCUT2D eigenvalue weighted by atomic mass is 9.82. The molecule has 0 radical (unpaired) electrons. The van der Waals surface area contributed by atoms with Crippen molar-refractivity contribution in [1.82, 2.24) is 15.0 Å². The summed E-state index contributed by atoms with van der Waals surface area (Å²) in [6.07, 6.45) is 6.06. The quantitative estimate of drug-likeness (QED) is 0.743. The first-order valence-electron chi connectivity index (χ1n) is 7.03. The molecule has 0 spiro atoms. The van der Waals surface area contributed by atoms with E-state index in [1.54, 1.807) is 24.7 Å². The molecule has 0 amide bonds. The lowest BCUT2D eigenvalue weighted by Crippen LogP contribution is -2.17. The summed E-state index contributed by atoms with van der Waals surface area (Å²) in [5.74, 6) is -0.414. The first-order valence-corrected chi connectivity index (χ1v) is 7.03. The van der Waals surface area contributed by atoms with Crippen molar-refractivity contribution < 1.29 is 4.39 Å². The first-order chi connectivity index (χ1) is 10.4. The summed E-state index contributed by atoms with van der Waals surface area (Å²) in [6.45, 7) is 6.11. The Morgan fingerprint density at radius 3 is 2.41 bits per heavy atom. The molecule has 5 heteroatoms. The van der Waals surface area contributed by atoms with E-state index in [0.29, 0.717) is 22.5 Å². The monoisotopic (exact) mass is 296 g/mol. The van der Waals surface area contributed by atoms with Gasteiger partial charge in [-0.1, -0.05) is 20.8 Å². The van der Waals surface area contributed by atoms with Gasteiger partial charge in [0, 0.05) is 34.6 Å². The molecule has 0 aliphatic rings. The van der Waals surface area contributed by atoms with Gasteiger partial charge >= 0.3 is 0 Å². The zero-order valence-corrected chi connectivity index (χ0v) is 12.8. The van der Waals surface area contributed by atoms with Crippen LogP contribution >= 0.6 is 0 Å². The van der Waals surface area contributed by atoms with Crippen molar-refractivity contribution in [2.75, 3.05) is 5.73 Å². The maximum Gasteiger partial charge on any atom is 0.150 e. The Hall–Kier alpha value is -2.56. The second-order valence-corrected chi connectivity index (χ2v) is 6.25. The Labute approximate surface area is 128 Å². The number of nitrogen functional groups attached to an aromatic ring is 1. The highest BCUT2D eigenvalue weighted by molar-refractivity contribution is 5.95. The Balaban J connectivity index is 2.45. The number of halogens is 1. The molecule has 0 aromatic carbocycles. The third-order valence-corrected chi connectivity index (χ3v) is 3.61. The highest BCUT2D eigenvalue weighted by atomic mass is 19.1. The van der Waals surface area contributed by atoms with Crippen LogP contribution in [0.5, 0.6) is 0 Å². The third-order valence-electron chi connectivity index (χ3n) is 3.61. The molecule has 0 fully saturated rings. The summed E-state index contributed by atoms with van der Waals surface area (Å²) in [5, 5.41) is 0.832. The minimum Gasteiger partial charge on any atom is -0.398 e. The van der Waals surface area contributed by atoms with E-state index in [1.807, 2.05) is 26.8 Å². The van der Waals surface area contributed by atoms with Crippen LogP contribution in [0.3, 0.4) is 0 Å². The Morgan fingerprint density at radius 2 is 1.73 bits per heavy atom. The van der Waals surface area contributed by atoms with Crippen molar-refractivity contribution in [1.29, 1.82) is 0 Å². The molecule has 0 bridgehead atoms. The van der Waals surface area contributed by atoms with Crippen molar-refractivity contribution in [3.05, 3.63) is 48.3 Å². The molecule has 4 nitrogen and oxygen atoms in total. The maximum atomic E-state index is 14.2. The zero-order valence-electron chi connectivity index (χ0n) is 12.8. The van der Waals surface area contributed by atoms with Crippen molar-refractivity contribution in [3.63, 3.8) is 0 Å². The normalized spacial score (nSPS) is 11.8. The van der Waals surface area contributed by atoms with E-state index in [1.165, 1.54) is 6.20 Å². The van der Waals surface area contributed by atoms with E-state index in [4.69, 9.17) is 5.73 Å². The van der Waals surface area contributed by atoms with Crippen LogP contribution in [0.25, 0.3) is 22.2 Å². The van der Waals surface area contributed by atoms with Crippen LogP contribution in [0.15, 0.2) is 36.9 Å². The predicted molar refractivity (Wildman–Crippen MR) is 85.8 cm³/mol. The second kappa shape index (κ2) is 5.02. The topological polar surface area (TPSA) is 64.7 Å². The molecule has 0 saturated carbocycles. The van der Waals surface area contributed by atoms with E-state index in [9.17, 15) is 4.39 Å². The number of rotatable bonds is 1. The average Bonchev–Trinajstić information content (AvgIpc) is 2.46. The molecule has 0 aliphatic carbocycles. The van der Waals surface area contributed by atoms with Crippen molar-refractivity contribution in [3.8, 4) is 11.3 Å². The van der Waals surface area contributed by atoms with Crippen molar-refractivity contribution >= 4 is 16.6 Å². The van der Waals surface area contributed by atoms with Gasteiger partial charge in [0.25, 0.3) is 0 Å². The van der Waals surface area contributed by atoms with Crippen molar-refractivity contribution in [2.45, 2.75) is 26.2 Å². The first kappa shape index (κ1) is 14.4. The lowest BCUT2D eigenvalue weighted by Gasteiger charge is -2.25. The molecule has 0 saturated heterocycles. The van der Waals surface area contributed by atoms with Gasteiger partial charge in [0.1, 0.15) is 0 Å². The van der Waals surface area contributed by atoms with Crippen LogP contribution in [0.2, 0.25) is 0 Å². The SMILES string of the molecule is CC(C)(C)c1c(-c2ccncc2F)nc2cnccc2c1N. The molecule has 22 heavy (non-hydrogen) atoms. The standard InChI is InChI=1S/C17H17FN4/c1-17(2,3)14-15(19)11-5-7-21-9-13(11)22-16(14)10-4-6-20-8-12(10)18/h4-9H,1-3H3,(H2,19,22). The van der Waals surface area contributed by atoms with E-state index in [0.717, 1.165) is 10.9 Å². The molecule has 112 valence electrons. The van der Waals surface area contributed by atoms with Crippen LogP contribution in [0.4, 0.5) is 10.1 Å². The van der Waals surface area contributed by atoms with Gasteiger partial charge in [-0.25, -0.2) is 9.37 Å². The smallest absolute Gasteiger partial charge is 0.150 e. The van der Waals surface area contributed by atoms with Crippen LogP contribution in [-0.2, 0) is 5.41 Å². The van der Waals surface area contributed by atoms with Crippen LogP contribution < -0.4 is 5.73 Å². The van der Waals surface area contributed by atoms with E-state index in [2.05, 4.69) is 15.0 Å². The van der Waals surface area contributed by atoms with Crippen LogP contribution in [0, 0.1) is 5.82 Å². The van der Waals surface area contributed by atoms with E-state index in [-0.39, 0.29) is 5.41 Å². The van der Waals surface area contributed by atoms with Crippen LogP contribution in [0.1, 0.15) is 26.3 Å². The maximum absolute atomic E-state index is 14.2. The lowest BCUT2D eigenvalue weighted by molar-refractivity contribution is 0.590. The number of aromatic nitrogens is 3. The average molecular weight is 296 g/mol. The van der Waals surface area contributed by atoms with Gasteiger partial charge < -0.3 is 5.73 Å². The number of nitrogens with zero attached hydrogens (tertiary/aromatic N) is 3. The molecule has 3 heterocycles. The van der Waals surface area contributed by atoms with Gasteiger partial charge in [-0.15, -0.1) is 0 Å². The summed E-state index contributed by atoms with van der Waals surface area (Å²) in [5.41, 5.74) is 9.16. The van der Waals surface area contributed by atoms with E-state index >= 15 is 0 Å². The molecule has 2 N–H and O–H groups in total. The van der Waals surface area contributed by atoms with Gasteiger partial charge in [-0.2, -0.15) is 0 Å². The minimum absolute atomic E-state index is 0.278. The summed E-state index contributed by atoms with van der Waals surface area (Å²) < 4.78 is 14.2. The summed E-state index contributed by atoms with van der Waals surface area (Å²) in [4.78, 5) is 12.5. The molecule has 3 aromatic heterocycles. The van der Waals surface area contributed by atoms with Gasteiger partial charge in [0.15, 0.2) is 5.82 Å². The van der Waals surface area contributed by atoms with Gasteiger partial charge in [-0.05, 0) is 17.5 Å². The number of nitrogens with two attached hydrogens (primary N) is 1. The summed E-state index contributed by atoms with van der Waals surface area (Å²) in [7, 11) is 0. The zero-order chi connectivity index (χ0) is 15.9. The molecule has 0 unspecified atom stereocenters. The molecule has 3 aromatic rings. The largest absolute Gasteiger partial charge is 0.398 e.